The van der Waals surface area contributed by atoms with Crippen molar-refractivity contribution in [3.63, 3.8) is 0 Å². The number of methoxy groups -OCH3 is 1. The Hall–Kier alpha value is -3.69. The van der Waals surface area contributed by atoms with E-state index < -0.39 is 6.09 Å². The first-order valence-electron chi connectivity index (χ1n) is 13.5. The molecule has 3 heterocycles. The summed E-state index contributed by atoms with van der Waals surface area (Å²) in [4.78, 5) is 45.1. The maximum atomic E-state index is 13.6. The molecule has 2 unspecified atom stereocenters. The molecule has 41 heavy (non-hydrogen) atoms. The Labute approximate surface area is 252 Å². The van der Waals surface area contributed by atoms with Crippen molar-refractivity contribution in [3.8, 4) is 11.1 Å². The molecule has 8 nitrogen and oxygen atoms in total. The van der Waals surface area contributed by atoms with E-state index in [0.29, 0.717) is 42.2 Å². The summed E-state index contributed by atoms with van der Waals surface area (Å²) in [6.07, 6.45) is 5.58. The Morgan fingerprint density at radius 1 is 1.12 bits per heavy atom. The topological polar surface area (TPSA) is 101 Å². The second kappa shape index (κ2) is 12.4. The summed E-state index contributed by atoms with van der Waals surface area (Å²) in [7, 11) is 1.29. The lowest BCUT2D eigenvalue weighted by Gasteiger charge is -2.34. The highest BCUT2D eigenvalue weighted by molar-refractivity contribution is 9.10. The third-order valence-corrected chi connectivity index (χ3v) is 8.49. The molecule has 0 fully saturated rings. The maximum Gasteiger partial charge on any atom is 0.411 e. The van der Waals surface area contributed by atoms with Gasteiger partial charge in [-0.2, -0.15) is 0 Å². The molecule has 2 N–H and O–H groups in total. The van der Waals surface area contributed by atoms with Gasteiger partial charge in [0.25, 0.3) is 0 Å². The number of fused-ring (bicyclic) bond motifs is 4. The first kappa shape index (κ1) is 28.8. The summed E-state index contributed by atoms with van der Waals surface area (Å²) in [6, 6.07) is 14.5. The summed E-state index contributed by atoms with van der Waals surface area (Å²) >= 11 is 9.83. The predicted molar refractivity (Wildman–Crippen MR) is 164 cm³/mol. The average molecular weight is 638 g/mol. The molecule has 5 rings (SSSR count). The normalized spacial score (nSPS) is 19.2. The number of halogens is 2. The van der Waals surface area contributed by atoms with Gasteiger partial charge in [0.1, 0.15) is 0 Å². The van der Waals surface area contributed by atoms with Crippen molar-refractivity contribution < 1.29 is 19.1 Å². The minimum Gasteiger partial charge on any atom is -0.453 e. The lowest BCUT2D eigenvalue weighted by atomic mass is 9.93. The number of amides is 3. The molecule has 0 spiro atoms. The second-order valence-electron chi connectivity index (χ2n) is 10.3. The van der Waals surface area contributed by atoms with Crippen molar-refractivity contribution in [2.24, 2.45) is 5.92 Å². The van der Waals surface area contributed by atoms with Crippen molar-refractivity contribution >= 4 is 62.4 Å². The standard InChI is InChI=1S/C31H30BrClN4O4/c1-18-4-3-5-28(37-13-11-20(15-29(37)38)24-16-21(33)6-9-25(24)32)27-14-19(10-12-34-27)23-8-7-22(35-31(40)41-2)17-26(23)36-30(18)39/h6-10,12,14-18,28H,3-5,11,13H2,1-2H3,(H,35,40)(H,36,39). The molecule has 2 bridgehead atoms. The van der Waals surface area contributed by atoms with Gasteiger partial charge >= 0.3 is 6.09 Å². The van der Waals surface area contributed by atoms with E-state index >= 15 is 0 Å². The Morgan fingerprint density at radius 2 is 1.95 bits per heavy atom. The number of carbonyl (C=O) groups excluding carboxylic acids is 3. The molecule has 212 valence electrons. The van der Waals surface area contributed by atoms with Gasteiger partial charge in [0.05, 0.1) is 24.5 Å². The maximum absolute atomic E-state index is 13.6. The van der Waals surface area contributed by atoms with E-state index in [1.54, 1.807) is 24.4 Å². The molecule has 2 aliphatic heterocycles. The van der Waals surface area contributed by atoms with Crippen LogP contribution in [0.5, 0.6) is 0 Å². The fraction of sp³-hybridized carbons (Fsp3) is 0.290. The van der Waals surface area contributed by atoms with E-state index in [1.165, 1.54) is 7.11 Å². The van der Waals surface area contributed by atoms with Crippen molar-refractivity contribution in [2.45, 2.75) is 38.6 Å². The molecular formula is C31H30BrClN4O4. The van der Waals surface area contributed by atoms with Gasteiger partial charge in [-0.1, -0.05) is 46.9 Å². The first-order valence-corrected chi connectivity index (χ1v) is 14.6. The fourth-order valence-corrected chi connectivity index (χ4v) is 6.01. The van der Waals surface area contributed by atoms with Gasteiger partial charge in [0.2, 0.25) is 11.8 Å². The Kier molecular flexibility index (Phi) is 8.75. The summed E-state index contributed by atoms with van der Waals surface area (Å²) in [5.74, 6) is -0.441. The lowest BCUT2D eigenvalue weighted by Crippen LogP contribution is -2.38. The Morgan fingerprint density at radius 3 is 2.73 bits per heavy atom. The van der Waals surface area contributed by atoms with Crippen molar-refractivity contribution in [1.82, 2.24) is 9.88 Å². The number of nitrogens with one attached hydrogen (secondary N) is 2. The number of benzene rings is 2. The van der Waals surface area contributed by atoms with Crippen LogP contribution in [0.3, 0.4) is 0 Å². The monoisotopic (exact) mass is 636 g/mol. The van der Waals surface area contributed by atoms with Gasteiger partial charge in [-0.05, 0) is 78.4 Å². The first-order chi connectivity index (χ1) is 19.7. The molecule has 0 aliphatic carbocycles. The number of nitrogens with zero attached hydrogens (tertiary/aromatic N) is 2. The summed E-state index contributed by atoms with van der Waals surface area (Å²) in [6.45, 7) is 2.43. The molecule has 3 amide bonds. The minimum absolute atomic E-state index is 0.0767. The van der Waals surface area contributed by atoms with Gasteiger partial charge in [-0.3, -0.25) is 19.9 Å². The van der Waals surface area contributed by atoms with Crippen LogP contribution in [-0.2, 0) is 14.3 Å². The van der Waals surface area contributed by atoms with E-state index in [2.05, 4.69) is 26.6 Å². The van der Waals surface area contributed by atoms with Crippen LogP contribution in [0.4, 0.5) is 16.2 Å². The number of aromatic nitrogens is 1. The third kappa shape index (κ3) is 6.47. The van der Waals surface area contributed by atoms with Gasteiger partial charge < -0.3 is 15.0 Å². The van der Waals surface area contributed by atoms with Crippen molar-refractivity contribution in [3.05, 3.63) is 81.6 Å². The zero-order valence-corrected chi connectivity index (χ0v) is 25.1. The number of carbonyl (C=O) groups is 3. The SMILES string of the molecule is COC(=O)Nc1ccc2c(c1)NC(=O)C(C)CCCC(N1CCC(c3cc(Cl)ccc3Br)=CC1=O)c1cc-2ccn1. The molecule has 0 saturated heterocycles. The van der Waals surface area contributed by atoms with E-state index in [0.717, 1.165) is 38.9 Å². The number of rotatable bonds is 3. The number of pyridine rings is 1. The van der Waals surface area contributed by atoms with Crippen LogP contribution in [0.25, 0.3) is 16.7 Å². The Balaban J connectivity index is 1.51. The molecule has 10 heteroatoms. The zero-order chi connectivity index (χ0) is 29.1. The van der Waals surface area contributed by atoms with Gasteiger partial charge in [-0.15, -0.1) is 0 Å². The number of anilines is 2. The van der Waals surface area contributed by atoms with Gasteiger partial charge in [-0.25, -0.2) is 4.79 Å². The molecule has 0 radical (unpaired) electrons. The average Bonchev–Trinajstić information content (AvgIpc) is 2.96. The van der Waals surface area contributed by atoms with E-state index in [1.807, 2.05) is 48.2 Å². The van der Waals surface area contributed by atoms with E-state index in [9.17, 15) is 14.4 Å². The summed E-state index contributed by atoms with van der Waals surface area (Å²) in [5, 5.41) is 6.31. The molecule has 3 aromatic rings. The van der Waals surface area contributed by atoms with Gasteiger partial charge in [0, 0.05) is 45.5 Å². The highest BCUT2D eigenvalue weighted by Gasteiger charge is 2.30. The van der Waals surface area contributed by atoms with Crippen LogP contribution in [-0.4, -0.2) is 41.4 Å². The fourth-order valence-electron chi connectivity index (χ4n) is 5.33. The second-order valence-corrected chi connectivity index (χ2v) is 11.5. The van der Waals surface area contributed by atoms with Crippen LogP contribution in [0.2, 0.25) is 5.02 Å². The largest absolute Gasteiger partial charge is 0.453 e. The quantitative estimate of drug-likeness (QED) is 0.311. The minimum atomic E-state index is -0.599. The Bertz CT molecular complexity index is 1540. The van der Waals surface area contributed by atoms with Crippen LogP contribution in [0.1, 0.15) is 49.9 Å². The summed E-state index contributed by atoms with van der Waals surface area (Å²) < 4.78 is 5.61. The van der Waals surface area contributed by atoms with Crippen molar-refractivity contribution in [1.29, 1.82) is 0 Å². The highest BCUT2D eigenvalue weighted by Crippen LogP contribution is 2.38. The van der Waals surface area contributed by atoms with Crippen LogP contribution >= 0.6 is 27.5 Å². The predicted octanol–water partition coefficient (Wildman–Crippen LogP) is 7.46. The van der Waals surface area contributed by atoms with Crippen LogP contribution in [0.15, 0.2) is 65.3 Å². The highest BCUT2D eigenvalue weighted by atomic mass is 79.9. The molecule has 1 aromatic heterocycles. The molecular weight excluding hydrogens is 608 g/mol. The summed E-state index contributed by atoms with van der Waals surface area (Å²) in [5.41, 5.74) is 5.33. The van der Waals surface area contributed by atoms with Crippen molar-refractivity contribution in [2.75, 3.05) is 24.3 Å². The zero-order valence-electron chi connectivity index (χ0n) is 22.7. The van der Waals surface area contributed by atoms with Gasteiger partial charge in [0.15, 0.2) is 0 Å². The third-order valence-electron chi connectivity index (χ3n) is 7.56. The van der Waals surface area contributed by atoms with Crippen LogP contribution < -0.4 is 10.6 Å². The molecule has 2 atom stereocenters. The number of ether oxygens (including phenoxy) is 1. The number of hydrogen-bond acceptors (Lipinski definition) is 5. The molecule has 2 aliphatic rings. The molecule has 2 aromatic carbocycles. The lowest BCUT2D eigenvalue weighted by molar-refractivity contribution is -0.129. The molecule has 0 saturated carbocycles. The number of hydrogen-bond donors (Lipinski definition) is 2. The van der Waals surface area contributed by atoms with E-state index in [-0.39, 0.29) is 23.8 Å². The van der Waals surface area contributed by atoms with Crippen LogP contribution in [0, 0.1) is 5.92 Å². The smallest absolute Gasteiger partial charge is 0.411 e. The van der Waals surface area contributed by atoms with E-state index in [4.69, 9.17) is 21.3 Å².